The summed E-state index contributed by atoms with van der Waals surface area (Å²) in [4.78, 5) is 0.553. The summed E-state index contributed by atoms with van der Waals surface area (Å²) in [5, 5.41) is 0. The van der Waals surface area contributed by atoms with Crippen molar-refractivity contribution >= 4 is 11.8 Å². The van der Waals surface area contributed by atoms with Crippen LogP contribution in [0.1, 0.15) is 17.9 Å². The highest BCUT2D eigenvalue weighted by Crippen LogP contribution is 2.29. The SMILES string of the molecule is COCC(CCF)c1ccc(SCC(F)(F)F)cc1. The second kappa shape index (κ2) is 7.75. The molecular weight excluding hydrogens is 280 g/mol. The van der Waals surface area contributed by atoms with E-state index in [2.05, 4.69) is 0 Å². The van der Waals surface area contributed by atoms with Crippen molar-refractivity contribution in [2.45, 2.75) is 23.4 Å². The van der Waals surface area contributed by atoms with Gasteiger partial charge in [-0.3, -0.25) is 4.39 Å². The third-order valence-corrected chi connectivity index (χ3v) is 3.66. The average Bonchev–Trinajstić information content (AvgIpc) is 2.36. The molecule has 1 nitrogen and oxygen atoms in total. The second-order valence-electron chi connectivity index (χ2n) is 4.10. The Morgan fingerprint density at radius 1 is 1.21 bits per heavy atom. The summed E-state index contributed by atoms with van der Waals surface area (Å²) in [7, 11) is 1.54. The number of benzene rings is 1. The van der Waals surface area contributed by atoms with Crippen LogP contribution in [-0.4, -0.2) is 32.3 Å². The van der Waals surface area contributed by atoms with Crippen LogP contribution >= 0.6 is 11.8 Å². The highest BCUT2D eigenvalue weighted by Gasteiger charge is 2.27. The number of halogens is 4. The molecule has 0 bridgehead atoms. The molecule has 0 fully saturated rings. The molecule has 0 spiro atoms. The Morgan fingerprint density at radius 2 is 1.84 bits per heavy atom. The van der Waals surface area contributed by atoms with Gasteiger partial charge in [-0.05, 0) is 24.1 Å². The van der Waals surface area contributed by atoms with Gasteiger partial charge in [-0.1, -0.05) is 12.1 Å². The maximum absolute atomic E-state index is 12.4. The van der Waals surface area contributed by atoms with E-state index in [-0.39, 0.29) is 5.92 Å². The third-order valence-electron chi connectivity index (χ3n) is 2.58. The molecule has 0 saturated carbocycles. The van der Waals surface area contributed by atoms with Gasteiger partial charge in [-0.2, -0.15) is 13.2 Å². The van der Waals surface area contributed by atoms with Crippen molar-refractivity contribution in [3.63, 3.8) is 0 Å². The number of rotatable bonds is 7. The van der Waals surface area contributed by atoms with Gasteiger partial charge in [0.05, 0.1) is 19.0 Å². The summed E-state index contributed by atoms with van der Waals surface area (Å²) in [6.07, 6.45) is -3.82. The predicted octanol–water partition coefficient (Wildman–Crippen LogP) is 4.43. The molecule has 1 aromatic carbocycles. The number of ether oxygens (including phenoxy) is 1. The van der Waals surface area contributed by atoms with Crippen LogP contribution in [0, 0.1) is 0 Å². The molecule has 1 aromatic rings. The molecule has 1 rings (SSSR count). The van der Waals surface area contributed by atoms with Crippen LogP contribution in [0.15, 0.2) is 29.2 Å². The molecule has 0 heterocycles. The molecule has 0 radical (unpaired) electrons. The summed E-state index contributed by atoms with van der Waals surface area (Å²) < 4.78 is 53.6. The fourth-order valence-corrected chi connectivity index (χ4v) is 2.34. The van der Waals surface area contributed by atoms with E-state index in [1.807, 2.05) is 0 Å². The first-order valence-corrected chi connectivity index (χ1v) is 6.79. The minimum atomic E-state index is -4.17. The van der Waals surface area contributed by atoms with Gasteiger partial charge in [0.1, 0.15) is 0 Å². The highest BCUT2D eigenvalue weighted by molar-refractivity contribution is 7.99. The number of alkyl halides is 4. The molecule has 0 N–H and O–H groups in total. The predicted molar refractivity (Wildman–Crippen MR) is 68.4 cm³/mol. The van der Waals surface area contributed by atoms with Crippen molar-refractivity contribution < 1.29 is 22.3 Å². The maximum Gasteiger partial charge on any atom is 0.398 e. The topological polar surface area (TPSA) is 9.23 Å². The fraction of sp³-hybridized carbons (Fsp3) is 0.538. The Hall–Kier alpha value is -0.750. The van der Waals surface area contributed by atoms with E-state index in [0.29, 0.717) is 17.9 Å². The van der Waals surface area contributed by atoms with Crippen molar-refractivity contribution in [2.75, 3.05) is 26.1 Å². The molecule has 0 aliphatic rings. The lowest BCUT2D eigenvalue weighted by Crippen LogP contribution is -2.10. The normalized spacial score (nSPS) is 13.5. The molecule has 0 aromatic heterocycles. The van der Waals surface area contributed by atoms with E-state index >= 15 is 0 Å². The van der Waals surface area contributed by atoms with Gasteiger partial charge in [0, 0.05) is 17.9 Å². The second-order valence-corrected chi connectivity index (χ2v) is 5.15. The largest absolute Gasteiger partial charge is 0.398 e. The lowest BCUT2D eigenvalue weighted by molar-refractivity contribution is -0.105. The fourth-order valence-electron chi connectivity index (χ4n) is 1.68. The first-order chi connectivity index (χ1) is 8.96. The Labute approximate surface area is 114 Å². The smallest absolute Gasteiger partial charge is 0.384 e. The van der Waals surface area contributed by atoms with Crippen molar-refractivity contribution in [1.82, 2.24) is 0 Å². The monoisotopic (exact) mass is 296 g/mol. The molecule has 0 aliphatic heterocycles. The lowest BCUT2D eigenvalue weighted by Gasteiger charge is -2.15. The van der Waals surface area contributed by atoms with Gasteiger partial charge in [0.15, 0.2) is 0 Å². The van der Waals surface area contributed by atoms with Crippen molar-refractivity contribution in [3.05, 3.63) is 29.8 Å². The van der Waals surface area contributed by atoms with E-state index < -0.39 is 18.6 Å². The summed E-state index contributed by atoms with van der Waals surface area (Å²) in [6.45, 7) is -0.0441. The van der Waals surface area contributed by atoms with Gasteiger partial charge >= 0.3 is 6.18 Å². The Kier molecular flexibility index (Phi) is 6.65. The molecule has 19 heavy (non-hydrogen) atoms. The quantitative estimate of drug-likeness (QED) is 0.544. The standard InChI is InChI=1S/C13H16F4OS/c1-18-8-11(6-7-14)10-2-4-12(5-3-10)19-9-13(15,16)17/h2-5,11H,6-9H2,1H3. The van der Waals surface area contributed by atoms with Crippen LogP contribution in [0.3, 0.4) is 0 Å². The zero-order valence-corrected chi connectivity index (χ0v) is 11.4. The number of thioether (sulfide) groups is 1. The molecule has 6 heteroatoms. The van der Waals surface area contributed by atoms with Crippen LogP contribution < -0.4 is 0 Å². The van der Waals surface area contributed by atoms with Crippen LogP contribution in [0.5, 0.6) is 0 Å². The summed E-state index contributed by atoms with van der Waals surface area (Å²) in [5.74, 6) is -0.963. The number of hydrogen-bond donors (Lipinski definition) is 0. The van der Waals surface area contributed by atoms with Gasteiger partial charge < -0.3 is 4.74 Å². The zero-order valence-electron chi connectivity index (χ0n) is 10.5. The van der Waals surface area contributed by atoms with Crippen LogP contribution in [0.4, 0.5) is 17.6 Å². The first kappa shape index (κ1) is 16.3. The molecule has 108 valence electrons. The summed E-state index contributed by atoms with van der Waals surface area (Å²) >= 11 is 0.744. The third kappa shape index (κ3) is 6.29. The minimum absolute atomic E-state index is 0.0586. The van der Waals surface area contributed by atoms with Gasteiger partial charge in [-0.25, -0.2) is 0 Å². The zero-order chi connectivity index (χ0) is 14.3. The van der Waals surface area contributed by atoms with E-state index in [9.17, 15) is 17.6 Å². The summed E-state index contributed by atoms with van der Waals surface area (Å²) in [6, 6.07) is 6.73. The maximum atomic E-state index is 12.4. The van der Waals surface area contributed by atoms with Crippen molar-refractivity contribution in [1.29, 1.82) is 0 Å². The van der Waals surface area contributed by atoms with Crippen molar-refractivity contribution in [2.24, 2.45) is 0 Å². The Bertz CT molecular complexity index is 358. The first-order valence-electron chi connectivity index (χ1n) is 5.80. The minimum Gasteiger partial charge on any atom is -0.384 e. The number of methoxy groups -OCH3 is 1. The Balaban J connectivity index is 2.63. The van der Waals surface area contributed by atoms with E-state index in [0.717, 1.165) is 17.3 Å². The average molecular weight is 296 g/mol. The van der Waals surface area contributed by atoms with Gasteiger partial charge in [0.25, 0.3) is 0 Å². The molecule has 0 amide bonds. The van der Waals surface area contributed by atoms with Crippen LogP contribution in [0.25, 0.3) is 0 Å². The Morgan fingerprint density at radius 3 is 2.32 bits per heavy atom. The van der Waals surface area contributed by atoms with Gasteiger partial charge in [0.2, 0.25) is 0 Å². The number of hydrogen-bond acceptors (Lipinski definition) is 2. The van der Waals surface area contributed by atoms with E-state index in [1.54, 1.807) is 31.4 Å². The van der Waals surface area contributed by atoms with E-state index in [1.165, 1.54) is 0 Å². The molecule has 1 atom stereocenters. The molecule has 1 unspecified atom stereocenters. The highest BCUT2D eigenvalue weighted by atomic mass is 32.2. The van der Waals surface area contributed by atoms with Gasteiger partial charge in [-0.15, -0.1) is 11.8 Å². The van der Waals surface area contributed by atoms with Crippen LogP contribution in [-0.2, 0) is 4.74 Å². The van der Waals surface area contributed by atoms with E-state index in [4.69, 9.17) is 4.74 Å². The molecule has 0 saturated heterocycles. The molecule has 0 aliphatic carbocycles. The summed E-state index contributed by atoms with van der Waals surface area (Å²) in [5.41, 5.74) is 0.885. The lowest BCUT2D eigenvalue weighted by atomic mass is 9.97. The molecular formula is C13H16F4OS. The van der Waals surface area contributed by atoms with Crippen molar-refractivity contribution in [3.8, 4) is 0 Å². The van der Waals surface area contributed by atoms with Crippen LogP contribution in [0.2, 0.25) is 0 Å².